The van der Waals surface area contributed by atoms with Crippen LogP contribution < -0.4 is 4.74 Å². The van der Waals surface area contributed by atoms with Gasteiger partial charge in [-0.1, -0.05) is 49.4 Å². The molecule has 0 saturated carbocycles. The van der Waals surface area contributed by atoms with Gasteiger partial charge in [-0.05, 0) is 24.6 Å². The zero-order valence-corrected chi connectivity index (χ0v) is 12.9. The second kappa shape index (κ2) is 8.88. The fraction of sp³-hybridized carbons (Fsp3) is 0.400. The Morgan fingerprint density at radius 2 is 2.05 bits per heavy atom. The first-order chi connectivity index (χ1) is 9.54. The zero-order chi connectivity index (χ0) is 15.0. The van der Waals surface area contributed by atoms with Gasteiger partial charge in [-0.3, -0.25) is 0 Å². The van der Waals surface area contributed by atoms with Crippen molar-refractivity contribution in [3.63, 3.8) is 0 Å². The lowest BCUT2D eigenvalue weighted by Crippen LogP contribution is -2.00. The van der Waals surface area contributed by atoms with Crippen LogP contribution in [0, 0.1) is 0 Å². The molecule has 0 unspecified atom stereocenters. The van der Waals surface area contributed by atoms with Crippen molar-refractivity contribution in [3.05, 3.63) is 33.8 Å². The number of hydrogen-bond donors (Lipinski definition) is 1. The molecule has 3 nitrogen and oxygen atoms in total. The maximum absolute atomic E-state index is 10.6. The predicted molar refractivity (Wildman–Crippen MR) is 82.8 cm³/mol. The summed E-state index contributed by atoms with van der Waals surface area (Å²) in [4.78, 5) is 10.6. The average molecular weight is 317 g/mol. The SMILES string of the molecule is CCCCCCOc1c(Cl)cc(Cl)cc1/C=C/C(=O)O. The van der Waals surface area contributed by atoms with E-state index < -0.39 is 5.97 Å². The number of halogens is 2. The molecule has 5 heteroatoms. The summed E-state index contributed by atoms with van der Waals surface area (Å²) in [5, 5.41) is 9.51. The molecule has 20 heavy (non-hydrogen) atoms. The number of benzene rings is 1. The van der Waals surface area contributed by atoms with Crippen LogP contribution in [0.5, 0.6) is 5.75 Å². The Kier molecular flexibility index (Phi) is 7.48. The van der Waals surface area contributed by atoms with E-state index >= 15 is 0 Å². The van der Waals surface area contributed by atoms with Crippen LogP contribution in [0.2, 0.25) is 10.0 Å². The highest BCUT2D eigenvalue weighted by Crippen LogP contribution is 2.33. The smallest absolute Gasteiger partial charge is 0.328 e. The Balaban J connectivity index is 2.79. The van der Waals surface area contributed by atoms with Crippen molar-refractivity contribution in [2.45, 2.75) is 32.6 Å². The first-order valence-electron chi connectivity index (χ1n) is 6.57. The topological polar surface area (TPSA) is 46.5 Å². The number of unbranched alkanes of at least 4 members (excludes halogenated alkanes) is 3. The molecule has 0 aliphatic carbocycles. The number of carboxylic acid groups (broad SMARTS) is 1. The molecule has 0 aliphatic heterocycles. The highest BCUT2D eigenvalue weighted by molar-refractivity contribution is 6.35. The Morgan fingerprint density at radius 1 is 1.30 bits per heavy atom. The minimum atomic E-state index is -1.03. The van der Waals surface area contributed by atoms with Crippen molar-refractivity contribution < 1.29 is 14.6 Å². The van der Waals surface area contributed by atoms with E-state index in [-0.39, 0.29) is 0 Å². The average Bonchev–Trinajstić information content (AvgIpc) is 2.38. The number of aliphatic carboxylic acids is 1. The maximum Gasteiger partial charge on any atom is 0.328 e. The van der Waals surface area contributed by atoms with Gasteiger partial charge in [0.15, 0.2) is 0 Å². The predicted octanol–water partition coefficient (Wildman–Crippen LogP) is 5.05. The largest absolute Gasteiger partial charge is 0.491 e. The molecule has 0 heterocycles. The highest BCUT2D eigenvalue weighted by Gasteiger charge is 2.09. The van der Waals surface area contributed by atoms with Crippen molar-refractivity contribution in [1.29, 1.82) is 0 Å². The number of carboxylic acids is 1. The van der Waals surface area contributed by atoms with Gasteiger partial charge in [-0.25, -0.2) is 4.79 Å². The number of carbonyl (C=O) groups is 1. The van der Waals surface area contributed by atoms with Crippen LogP contribution in [-0.4, -0.2) is 17.7 Å². The molecule has 0 fully saturated rings. The molecular weight excluding hydrogens is 299 g/mol. The second-order valence-electron chi connectivity index (χ2n) is 4.39. The van der Waals surface area contributed by atoms with Gasteiger partial charge < -0.3 is 9.84 Å². The molecule has 0 aliphatic rings. The molecule has 0 atom stereocenters. The van der Waals surface area contributed by atoms with E-state index in [4.69, 9.17) is 33.0 Å². The summed E-state index contributed by atoms with van der Waals surface area (Å²) >= 11 is 12.0. The molecule has 1 rings (SSSR count). The van der Waals surface area contributed by atoms with Crippen molar-refractivity contribution in [2.24, 2.45) is 0 Å². The van der Waals surface area contributed by atoms with Crippen molar-refractivity contribution in [3.8, 4) is 5.75 Å². The summed E-state index contributed by atoms with van der Waals surface area (Å²) in [5.74, 6) is -0.556. The standard InChI is InChI=1S/C15H18Cl2O3/c1-2-3-4-5-8-20-15-11(6-7-14(18)19)9-12(16)10-13(15)17/h6-7,9-10H,2-5,8H2,1H3,(H,18,19)/b7-6+. The molecule has 1 aromatic carbocycles. The van der Waals surface area contributed by atoms with Crippen LogP contribution in [0.4, 0.5) is 0 Å². The molecule has 1 N–H and O–H groups in total. The van der Waals surface area contributed by atoms with E-state index in [2.05, 4.69) is 6.92 Å². The minimum Gasteiger partial charge on any atom is -0.491 e. The van der Waals surface area contributed by atoms with Gasteiger partial charge in [0.2, 0.25) is 0 Å². The van der Waals surface area contributed by atoms with Crippen LogP contribution in [0.25, 0.3) is 6.08 Å². The first kappa shape index (κ1) is 16.9. The van der Waals surface area contributed by atoms with Gasteiger partial charge >= 0.3 is 5.97 Å². The Bertz CT molecular complexity index is 484. The highest BCUT2D eigenvalue weighted by atomic mass is 35.5. The van der Waals surface area contributed by atoms with Crippen LogP contribution >= 0.6 is 23.2 Å². The normalized spacial score (nSPS) is 10.9. The van der Waals surface area contributed by atoms with E-state index in [0.717, 1.165) is 25.3 Å². The van der Waals surface area contributed by atoms with Gasteiger partial charge in [-0.2, -0.15) is 0 Å². The van der Waals surface area contributed by atoms with E-state index in [1.54, 1.807) is 12.1 Å². The van der Waals surface area contributed by atoms with Crippen LogP contribution in [0.15, 0.2) is 18.2 Å². The molecule has 110 valence electrons. The molecule has 0 radical (unpaired) electrons. The second-order valence-corrected chi connectivity index (χ2v) is 5.23. The van der Waals surface area contributed by atoms with E-state index in [1.165, 1.54) is 12.5 Å². The zero-order valence-electron chi connectivity index (χ0n) is 11.4. The van der Waals surface area contributed by atoms with Gasteiger partial charge in [0.25, 0.3) is 0 Å². The summed E-state index contributed by atoms with van der Waals surface area (Å²) in [5.41, 5.74) is 0.570. The van der Waals surface area contributed by atoms with Gasteiger partial charge in [0.05, 0.1) is 11.6 Å². The molecule has 0 aromatic heterocycles. The Labute approximate surface area is 129 Å². The summed E-state index contributed by atoms with van der Waals surface area (Å²) in [6, 6.07) is 3.22. The summed E-state index contributed by atoms with van der Waals surface area (Å²) in [7, 11) is 0. The first-order valence-corrected chi connectivity index (χ1v) is 7.33. The van der Waals surface area contributed by atoms with Gasteiger partial charge in [0, 0.05) is 16.7 Å². The number of ether oxygens (including phenoxy) is 1. The third-order valence-corrected chi connectivity index (χ3v) is 3.19. The molecule has 0 amide bonds. The molecule has 0 bridgehead atoms. The van der Waals surface area contributed by atoms with E-state index in [0.29, 0.717) is 28.0 Å². The number of rotatable bonds is 8. The molecule has 0 saturated heterocycles. The van der Waals surface area contributed by atoms with Crippen molar-refractivity contribution in [2.75, 3.05) is 6.61 Å². The minimum absolute atomic E-state index is 0.387. The lowest BCUT2D eigenvalue weighted by molar-refractivity contribution is -0.131. The summed E-state index contributed by atoms with van der Waals surface area (Å²) in [6.07, 6.45) is 6.84. The summed E-state index contributed by atoms with van der Waals surface area (Å²) in [6.45, 7) is 2.70. The fourth-order valence-corrected chi connectivity index (χ4v) is 2.28. The molecule has 1 aromatic rings. The third kappa shape index (κ3) is 5.85. The van der Waals surface area contributed by atoms with E-state index in [9.17, 15) is 4.79 Å². The lowest BCUT2D eigenvalue weighted by Gasteiger charge is -2.11. The molecular formula is C15H18Cl2O3. The van der Waals surface area contributed by atoms with Gasteiger partial charge in [0.1, 0.15) is 5.75 Å². The van der Waals surface area contributed by atoms with Crippen molar-refractivity contribution in [1.82, 2.24) is 0 Å². The van der Waals surface area contributed by atoms with Crippen molar-refractivity contribution >= 4 is 35.2 Å². The van der Waals surface area contributed by atoms with Crippen LogP contribution in [0.3, 0.4) is 0 Å². The fourth-order valence-electron chi connectivity index (χ4n) is 1.72. The quantitative estimate of drug-likeness (QED) is 0.539. The maximum atomic E-state index is 10.6. The number of hydrogen-bond acceptors (Lipinski definition) is 2. The van der Waals surface area contributed by atoms with E-state index in [1.807, 2.05) is 0 Å². The lowest BCUT2D eigenvalue weighted by atomic mass is 10.2. The monoisotopic (exact) mass is 316 g/mol. The Morgan fingerprint density at radius 3 is 2.70 bits per heavy atom. The molecule has 0 spiro atoms. The Hall–Kier alpha value is -1.19. The van der Waals surface area contributed by atoms with Gasteiger partial charge in [-0.15, -0.1) is 0 Å². The van der Waals surface area contributed by atoms with Crippen LogP contribution in [-0.2, 0) is 4.79 Å². The van der Waals surface area contributed by atoms with Crippen LogP contribution in [0.1, 0.15) is 38.2 Å². The summed E-state index contributed by atoms with van der Waals surface area (Å²) < 4.78 is 5.67. The third-order valence-electron chi connectivity index (χ3n) is 2.69.